The molecule has 3 nitrogen and oxygen atoms in total. The highest BCUT2D eigenvalue weighted by molar-refractivity contribution is 4.61. The Labute approximate surface area is 108 Å². The fourth-order valence-electron chi connectivity index (χ4n) is 2.32. The summed E-state index contributed by atoms with van der Waals surface area (Å²) in [6.07, 6.45) is 7.59. The third-order valence-corrected chi connectivity index (χ3v) is 3.31. The zero-order valence-corrected chi connectivity index (χ0v) is 12.1. The van der Waals surface area contributed by atoms with Gasteiger partial charge in [0.15, 0.2) is 0 Å². The van der Waals surface area contributed by atoms with Crippen LogP contribution in [0.2, 0.25) is 0 Å². The van der Waals surface area contributed by atoms with E-state index in [1.54, 1.807) is 7.11 Å². The van der Waals surface area contributed by atoms with Crippen molar-refractivity contribution in [3.05, 3.63) is 0 Å². The van der Waals surface area contributed by atoms with Crippen LogP contribution >= 0.6 is 0 Å². The lowest BCUT2D eigenvalue weighted by Crippen LogP contribution is -2.22. The molecule has 0 amide bonds. The molecule has 0 aromatic heterocycles. The molecule has 3 heteroatoms. The van der Waals surface area contributed by atoms with Gasteiger partial charge in [0.1, 0.15) is 0 Å². The van der Waals surface area contributed by atoms with Crippen molar-refractivity contribution in [3.63, 3.8) is 0 Å². The highest BCUT2D eigenvalue weighted by atomic mass is 16.5. The van der Waals surface area contributed by atoms with E-state index in [9.17, 15) is 0 Å². The lowest BCUT2D eigenvalue weighted by Gasteiger charge is -2.19. The highest BCUT2D eigenvalue weighted by Gasteiger charge is 2.07. The van der Waals surface area contributed by atoms with Gasteiger partial charge in [-0.2, -0.15) is 0 Å². The van der Waals surface area contributed by atoms with Crippen molar-refractivity contribution in [1.82, 2.24) is 4.90 Å². The molecule has 1 atom stereocenters. The Balaban J connectivity index is 3.50. The van der Waals surface area contributed by atoms with Crippen LogP contribution in [-0.2, 0) is 4.74 Å². The molecule has 0 aromatic rings. The van der Waals surface area contributed by atoms with Gasteiger partial charge in [-0.05, 0) is 51.7 Å². The first-order valence-corrected chi connectivity index (χ1v) is 7.12. The zero-order valence-electron chi connectivity index (χ0n) is 12.1. The van der Waals surface area contributed by atoms with E-state index in [1.165, 1.54) is 38.6 Å². The molecule has 0 fully saturated rings. The van der Waals surface area contributed by atoms with Gasteiger partial charge in [0.2, 0.25) is 0 Å². The standard InChI is InChI=1S/C14H32N2O/c1-4-7-14(9-10-15)8-5-11-16(2)12-6-13-17-3/h14H,4-13,15H2,1-3H3. The maximum atomic E-state index is 5.65. The van der Waals surface area contributed by atoms with E-state index in [2.05, 4.69) is 18.9 Å². The topological polar surface area (TPSA) is 38.5 Å². The Morgan fingerprint density at radius 2 is 1.82 bits per heavy atom. The smallest absolute Gasteiger partial charge is 0.0474 e. The SMILES string of the molecule is CCCC(CCN)CCCN(C)CCCOC. The normalized spacial score (nSPS) is 13.2. The van der Waals surface area contributed by atoms with Gasteiger partial charge in [-0.25, -0.2) is 0 Å². The van der Waals surface area contributed by atoms with Crippen molar-refractivity contribution in [2.24, 2.45) is 11.7 Å². The Morgan fingerprint density at radius 3 is 2.41 bits per heavy atom. The number of hydrogen-bond acceptors (Lipinski definition) is 3. The van der Waals surface area contributed by atoms with E-state index in [0.29, 0.717) is 0 Å². The molecule has 0 aromatic carbocycles. The summed E-state index contributed by atoms with van der Waals surface area (Å²) in [5, 5.41) is 0. The van der Waals surface area contributed by atoms with Crippen LogP contribution in [-0.4, -0.2) is 45.3 Å². The van der Waals surface area contributed by atoms with Gasteiger partial charge >= 0.3 is 0 Å². The second-order valence-electron chi connectivity index (χ2n) is 5.02. The van der Waals surface area contributed by atoms with E-state index in [1.807, 2.05) is 0 Å². The van der Waals surface area contributed by atoms with Crippen LogP contribution < -0.4 is 5.73 Å². The third kappa shape index (κ3) is 10.7. The maximum Gasteiger partial charge on any atom is 0.0474 e. The summed E-state index contributed by atoms with van der Waals surface area (Å²) in [7, 11) is 3.97. The van der Waals surface area contributed by atoms with Gasteiger partial charge in [-0.3, -0.25) is 0 Å². The molecule has 0 heterocycles. The average Bonchev–Trinajstić information content (AvgIpc) is 2.30. The number of nitrogens with zero attached hydrogens (tertiary/aromatic N) is 1. The van der Waals surface area contributed by atoms with Crippen molar-refractivity contribution < 1.29 is 4.74 Å². The molecule has 1 unspecified atom stereocenters. The Kier molecular flexibility index (Phi) is 12.3. The van der Waals surface area contributed by atoms with Gasteiger partial charge in [0.05, 0.1) is 0 Å². The van der Waals surface area contributed by atoms with Crippen LogP contribution in [0.1, 0.15) is 45.4 Å². The largest absolute Gasteiger partial charge is 0.385 e. The van der Waals surface area contributed by atoms with E-state index in [-0.39, 0.29) is 0 Å². The van der Waals surface area contributed by atoms with Crippen molar-refractivity contribution in [3.8, 4) is 0 Å². The predicted molar refractivity (Wildman–Crippen MR) is 75.3 cm³/mol. The number of nitrogens with two attached hydrogens (primary N) is 1. The van der Waals surface area contributed by atoms with Crippen LogP contribution in [0.15, 0.2) is 0 Å². The molecule has 0 aliphatic heterocycles. The highest BCUT2D eigenvalue weighted by Crippen LogP contribution is 2.16. The quantitative estimate of drug-likeness (QED) is 0.536. The van der Waals surface area contributed by atoms with Crippen LogP contribution in [0.5, 0.6) is 0 Å². The van der Waals surface area contributed by atoms with Crippen LogP contribution in [0.4, 0.5) is 0 Å². The summed E-state index contributed by atoms with van der Waals surface area (Å²) in [4.78, 5) is 2.41. The Bertz CT molecular complexity index is 147. The molecule has 0 aliphatic carbocycles. The van der Waals surface area contributed by atoms with Crippen molar-refractivity contribution in [1.29, 1.82) is 0 Å². The molecule has 0 spiro atoms. The maximum absolute atomic E-state index is 5.65. The minimum atomic E-state index is 0.842. The van der Waals surface area contributed by atoms with Gasteiger partial charge in [0, 0.05) is 20.3 Å². The molecule has 0 rings (SSSR count). The van der Waals surface area contributed by atoms with Crippen LogP contribution in [0.3, 0.4) is 0 Å². The number of ether oxygens (including phenoxy) is 1. The Hall–Kier alpha value is -0.120. The lowest BCUT2D eigenvalue weighted by molar-refractivity contribution is 0.178. The molecule has 17 heavy (non-hydrogen) atoms. The molecule has 104 valence electrons. The summed E-state index contributed by atoms with van der Waals surface area (Å²) in [5.41, 5.74) is 5.65. The lowest BCUT2D eigenvalue weighted by atomic mass is 9.94. The Morgan fingerprint density at radius 1 is 1.12 bits per heavy atom. The molecular weight excluding hydrogens is 212 g/mol. The second-order valence-corrected chi connectivity index (χ2v) is 5.02. The molecule has 0 saturated carbocycles. The summed E-state index contributed by atoms with van der Waals surface area (Å²) < 4.78 is 5.06. The summed E-state index contributed by atoms with van der Waals surface area (Å²) in [6.45, 7) is 6.32. The van der Waals surface area contributed by atoms with Crippen LogP contribution in [0.25, 0.3) is 0 Å². The summed E-state index contributed by atoms with van der Waals surface area (Å²) in [6, 6.07) is 0. The van der Waals surface area contributed by atoms with Crippen molar-refractivity contribution in [2.45, 2.75) is 45.4 Å². The fourth-order valence-corrected chi connectivity index (χ4v) is 2.32. The van der Waals surface area contributed by atoms with E-state index >= 15 is 0 Å². The number of hydrogen-bond donors (Lipinski definition) is 1. The molecule has 0 bridgehead atoms. The molecule has 0 radical (unpaired) electrons. The molecule has 0 aliphatic rings. The first-order valence-electron chi connectivity index (χ1n) is 7.12. The number of methoxy groups -OCH3 is 1. The zero-order chi connectivity index (χ0) is 12.9. The van der Waals surface area contributed by atoms with Gasteiger partial charge < -0.3 is 15.4 Å². The summed E-state index contributed by atoms with van der Waals surface area (Å²) in [5.74, 6) is 0.845. The number of rotatable bonds is 12. The molecule has 0 saturated heterocycles. The van der Waals surface area contributed by atoms with E-state index < -0.39 is 0 Å². The van der Waals surface area contributed by atoms with Gasteiger partial charge in [0.25, 0.3) is 0 Å². The monoisotopic (exact) mass is 244 g/mol. The van der Waals surface area contributed by atoms with Gasteiger partial charge in [-0.15, -0.1) is 0 Å². The van der Waals surface area contributed by atoms with Crippen molar-refractivity contribution in [2.75, 3.05) is 40.4 Å². The van der Waals surface area contributed by atoms with Crippen molar-refractivity contribution >= 4 is 0 Å². The molecular formula is C14H32N2O. The molecule has 2 N–H and O–H groups in total. The van der Waals surface area contributed by atoms with E-state index in [4.69, 9.17) is 10.5 Å². The van der Waals surface area contributed by atoms with Crippen LogP contribution in [0, 0.1) is 5.92 Å². The third-order valence-electron chi connectivity index (χ3n) is 3.31. The second kappa shape index (κ2) is 12.3. The first-order chi connectivity index (χ1) is 8.24. The first kappa shape index (κ1) is 16.9. The summed E-state index contributed by atoms with van der Waals surface area (Å²) >= 11 is 0. The fraction of sp³-hybridized carbons (Fsp3) is 1.00. The predicted octanol–water partition coefficient (Wildman–Crippen LogP) is 2.50. The average molecular weight is 244 g/mol. The minimum Gasteiger partial charge on any atom is -0.385 e. The van der Waals surface area contributed by atoms with E-state index in [0.717, 1.165) is 32.0 Å². The van der Waals surface area contributed by atoms with Gasteiger partial charge in [-0.1, -0.05) is 19.8 Å². The minimum absolute atomic E-state index is 0.842.